The van der Waals surface area contributed by atoms with Crippen molar-refractivity contribution in [1.82, 2.24) is 5.32 Å². The van der Waals surface area contributed by atoms with Crippen LogP contribution in [0.1, 0.15) is 53.6 Å². The highest BCUT2D eigenvalue weighted by Gasteiger charge is 2.36. The van der Waals surface area contributed by atoms with Crippen molar-refractivity contribution in [2.45, 2.75) is 44.2 Å². The third-order valence-corrected chi connectivity index (χ3v) is 6.78. The van der Waals surface area contributed by atoms with Gasteiger partial charge in [0.25, 0.3) is 5.91 Å². The van der Waals surface area contributed by atoms with Crippen LogP contribution in [0.2, 0.25) is 0 Å². The van der Waals surface area contributed by atoms with Gasteiger partial charge in [0.05, 0.1) is 6.26 Å². The van der Waals surface area contributed by atoms with Gasteiger partial charge in [-0.15, -0.1) is 11.3 Å². The minimum Gasteiger partial charge on any atom is -0.459 e. The van der Waals surface area contributed by atoms with Gasteiger partial charge in [0.15, 0.2) is 23.3 Å². The number of nitrogens with zero attached hydrogens (tertiary/aromatic N) is 1. The highest BCUT2D eigenvalue weighted by atomic mass is 32.1. The molecule has 1 saturated carbocycles. The van der Waals surface area contributed by atoms with E-state index in [0.29, 0.717) is 17.2 Å². The average molecular weight is 453 g/mol. The Morgan fingerprint density at radius 1 is 1.03 bits per heavy atom. The third kappa shape index (κ3) is 4.10. The lowest BCUT2D eigenvalue weighted by atomic mass is 9.95. The molecule has 1 fully saturated rings. The Labute approximate surface area is 189 Å². The van der Waals surface area contributed by atoms with E-state index in [-0.39, 0.29) is 24.5 Å². The number of hydrogen-bond donors (Lipinski definition) is 1. The van der Waals surface area contributed by atoms with Crippen LogP contribution in [0.4, 0.5) is 5.69 Å². The second-order valence-electron chi connectivity index (χ2n) is 7.95. The van der Waals surface area contributed by atoms with Crippen LogP contribution in [0.15, 0.2) is 58.5 Å². The van der Waals surface area contributed by atoms with Gasteiger partial charge in [-0.05, 0) is 48.6 Å². The first-order valence-corrected chi connectivity index (χ1v) is 11.7. The molecule has 166 valence electrons. The molecular formula is C24H24N2O5S. The number of furan rings is 1. The number of anilines is 1. The molecule has 1 aliphatic heterocycles. The molecular weight excluding hydrogens is 428 g/mol. The molecule has 1 unspecified atom stereocenters. The minimum absolute atomic E-state index is 0.121. The Morgan fingerprint density at radius 2 is 1.88 bits per heavy atom. The topological polar surface area (TPSA) is 81.0 Å². The lowest BCUT2D eigenvalue weighted by Gasteiger charge is -2.32. The van der Waals surface area contributed by atoms with Gasteiger partial charge in [-0.25, -0.2) is 0 Å². The number of carbonyl (C=O) groups excluding carboxylic acids is 2. The van der Waals surface area contributed by atoms with E-state index in [4.69, 9.17) is 13.9 Å². The van der Waals surface area contributed by atoms with E-state index in [1.165, 1.54) is 28.9 Å². The summed E-state index contributed by atoms with van der Waals surface area (Å²) in [6.07, 6.45) is 6.77. The van der Waals surface area contributed by atoms with Crippen LogP contribution in [0.25, 0.3) is 0 Å². The Morgan fingerprint density at radius 3 is 2.62 bits per heavy atom. The molecule has 2 amide bonds. The second-order valence-corrected chi connectivity index (χ2v) is 8.93. The van der Waals surface area contributed by atoms with Gasteiger partial charge < -0.3 is 19.2 Å². The predicted molar refractivity (Wildman–Crippen MR) is 120 cm³/mol. The van der Waals surface area contributed by atoms with E-state index in [2.05, 4.69) is 5.32 Å². The number of nitrogens with one attached hydrogen (secondary N) is 1. The first-order valence-electron chi connectivity index (χ1n) is 10.8. The number of ether oxygens (including phenoxy) is 2. The quantitative estimate of drug-likeness (QED) is 0.575. The molecule has 7 nitrogen and oxygen atoms in total. The summed E-state index contributed by atoms with van der Waals surface area (Å²) in [5, 5.41) is 5.11. The highest BCUT2D eigenvalue weighted by Crippen LogP contribution is 2.39. The molecule has 1 aromatic carbocycles. The Balaban J connectivity index is 1.55. The molecule has 2 aliphatic rings. The maximum absolute atomic E-state index is 13.6. The third-order valence-electron chi connectivity index (χ3n) is 5.86. The Bertz CT molecular complexity index is 1070. The zero-order valence-electron chi connectivity index (χ0n) is 17.5. The number of fused-ring (bicyclic) bond motifs is 1. The fourth-order valence-electron chi connectivity index (χ4n) is 4.29. The summed E-state index contributed by atoms with van der Waals surface area (Å²) >= 11 is 1.44. The zero-order chi connectivity index (χ0) is 21.9. The summed E-state index contributed by atoms with van der Waals surface area (Å²) in [6, 6.07) is 11.6. The molecule has 1 aliphatic carbocycles. The van der Waals surface area contributed by atoms with Crippen LogP contribution in [0.5, 0.6) is 11.5 Å². The number of thiophene rings is 1. The predicted octanol–water partition coefficient (Wildman–Crippen LogP) is 4.91. The number of hydrogen-bond acceptors (Lipinski definition) is 6. The molecule has 0 bridgehead atoms. The maximum Gasteiger partial charge on any atom is 0.295 e. The van der Waals surface area contributed by atoms with Crippen LogP contribution < -0.4 is 19.7 Å². The smallest absolute Gasteiger partial charge is 0.295 e. The number of benzene rings is 1. The van der Waals surface area contributed by atoms with Gasteiger partial charge in [-0.3, -0.25) is 14.5 Å². The van der Waals surface area contributed by atoms with E-state index >= 15 is 0 Å². The molecule has 3 heterocycles. The van der Waals surface area contributed by atoms with E-state index in [0.717, 1.165) is 30.6 Å². The first-order chi connectivity index (χ1) is 15.7. The maximum atomic E-state index is 13.6. The van der Waals surface area contributed by atoms with E-state index in [1.54, 1.807) is 30.3 Å². The SMILES string of the molecule is O=C(NC1CCCCC1)C(c1cccs1)N(C(=O)c1ccco1)c1ccc2c(c1)OCO2. The molecule has 0 spiro atoms. The average Bonchev–Trinajstić information content (AvgIpc) is 3.59. The van der Waals surface area contributed by atoms with Crippen LogP contribution >= 0.6 is 11.3 Å². The second kappa shape index (κ2) is 9.08. The normalized spacial score (nSPS) is 16.5. The van der Waals surface area contributed by atoms with Crippen LogP contribution in [-0.4, -0.2) is 24.6 Å². The Hall–Kier alpha value is -3.26. The monoisotopic (exact) mass is 452 g/mol. The van der Waals surface area contributed by atoms with Crippen LogP contribution in [0.3, 0.4) is 0 Å². The van der Waals surface area contributed by atoms with Gasteiger partial charge in [0, 0.05) is 22.7 Å². The fourth-order valence-corrected chi connectivity index (χ4v) is 5.10. The van der Waals surface area contributed by atoms with Crippen molar-refractivity contribution in [3.05, 3.63) is 64.7 Å². The minimum atomic E-state index is -0.838. The standard InChI is InChI=1S/C24H24N2O5S/c27-23(25-16-6-2-1-3-7-16)22(21-9-5-13-32-21)26(24(28)19-8-4-12-29-19)17-10-11-18-20(14-17)31-15-30-18/h4-5,8-14,16,22H,1-3,6-7,15H2,(H,25,27). The number of carbonyl (C=O) groups is 2. The van der Waals surface area contributed by atoms with Crippen molar-refractivity contribution in [2.24, 2.45) is 0 Å². The number of rotatable bonds is 6. The molecule has 8 heteroatoms. The van der Waals surface area contributed by atoms with Crippen molar-refractivity contribution >= 4 is 28.8 Å². The summed E-state index contributed by atoms with van der Waals surface area (Å²) in [5.41, 5.74) is 0.535. The molecule has 32 heavy (non-hydrogen) atoms. The van der Waals surface area contributed by atoms with E-state index < -0.39 is 11.9 Å². The van der Waals surface area contributed by atoms with E-state index in [9.17, 15) is 9.59 Å². The molecule has 2 aromatic heterocycles. The highest BCUT2D eigenvalue weighted by molar-refractivity contribution is 7.10. The summed E-state index contributed by atoms with van der Waals surface area (Å²) < 4.78 is 16.4. The van der Waals surface area contributed by atoms with Gasteiger partial charge in [-0.1, -0.05) is 25.3 Å². The van der Waals surface area contributed by atoms with Crippen molar-refractivity contribution in [3.8, 4) is 11.5 Å². The van der Waals surface area contributed by atoms with Crippen molar-refractivity contribution in [2.75, 3.05) is 11.7 Å². The van der Waals surface area contributed by atoms with Gasteiger partial charge in [-0.2, -0.15) is 0 Å². The van der Waals surface area contributed by atoms with Gasteiger partial charge in [0.1, 0.15) is 0 Å². The summed E-state index contributed by atoms with van der Waals surface area (Å²) in [5.74, 6) is 0.716. The molecule has 3 aromatic rings. The van der Waals surface area contributed by atoms with Crippen molar-refractivity contribution < 1.29 is 23.5 Å². The molecule has 0 radical (unpaired) electrons. The van der Waals surface area contributed by atoms with Crippen LogP contribution in [-0.2, 0) is 4.79 Å². The first kappa shape index (κ1) is 20.6. The van der Waals surface area contributed by atoms with Crippen molar-refractivity contribution in [1.29, 1.82) is 0 Å². The largest absolute Gasteiger partial charge is 0.459 e. The zero-order valence-corrected chi connectivity index (χ0v) is 18.3. The summed E-state index contributed by atoms with van der Waals surface area (Å²) in [7, 11) is 0. The van der Waals surface area contributed by atoms with Crippen molar-refractivity contribution in [3.63, 3.8) is 0 Å². The molecule has 1 N–H and O–H groups in total. The lowest BCUT2D eigenvalue weighted by Crippen LogP contribution is -2.47. The van der Waals surface area contributed by atoms with Gasteiger partial charge in [0.2, 0.25) is 12.7 Å². The molecule has 5 rings (SSSR count). The summed E-state index contributed by atoms with van der Waals surface area (Å²) in [4.78, 5) is 29.5. The Kier molecular flexibility index (Phi) is 5.85. The molecule has 0 saturated heterocycles. The fraction of sp³-hybridized carbons (Fsp3) is 0.333. The lowest BCUT2D eigenvalue weighted by molar-refractivity contribution is -0.123. The van der Waals surface area contributed by atoms with Gasteiger partial charge >= 0.3 is 0 Å². The number of amides is 2. The molecule has 1 atom stereocenters. The summed E-state index contributed by atoms with van der Waals surface area (Å²) in [6.45, 7) is 0.126. The van der Waals surface area contributed by atoms with Crippen LogP contribution in [0, 0.1) is 0 Å². The van der Waals surface area contributed by atoms with E-state index in [1.807, 2.05) is 17.5 Å².